The summed E-state index contributed by atoms with van der Waals surface area (Å²) in [4.78, 5) is 37.6. The van der Waals surface area contributed by atoms with Crippen LogP contribution in [0.5, 0.6) is 0 Å². The second kappa shape index (κ2) is 9.23. The summed E-state index contributed by atoms with van der Waals surface area (Å²) in [5, 5.41) is 2.39. The molecule has 2 aromatic rings. The van der Waals surface area contributed by atoms with Crippen LogP contribution in [0.4, 0.5) is 4.79 Å². The number of alkyl carbamates (subject to hydrolysis) is 1. The van der Waals surface area contributed by atoms with Crippen LogP contribution >= 0.6 is 0 Å². The van der Waals surface area contributed by atoms with Gasteiger partial charge in [-0.05, 0) is 49.9 Å². The van der Waals surface area contributed by atoms with Crippen molar-refractivity contribution >= 4 is 18.0 Å². The number of amides is 2. The molecule has 0 fully saturated rings. The number of hydrogen-bond acceptors (Lipinski definition) is 6. The molecule has 3 rings (SSSR count). The summed E-state index contributed by atoms with van der Waals surface area (Å²) in [6.07, 6.45) is -0.896. The topological polar surface area (TPSA) is 117 Å². The molecule has 0 spiro atoms. The highest BCUT2D eigenvalue weighted by Gasteiger charge is 2.49. The van der Waals surface area contributed by atoms with Crippen LogP contribution < -0.4 is 11.1 Å². The summed E-state index contributed by atoms with van der Waals surface area (Å²) in [7, 11) is 1.24. The first kappa shape index (κ1) is 24.3. The molecular formula is C25H30N2O6. The lowest BCUT2D eigenvalue weighted by Gasteiger charge is -2.34. The number of fused-ring (bicyclic) bond motifs is 3. The number of esters is 1. The predicted molar refractivity (Wildman–Crippen MR) is 122 cm³/mol. The first-order valence-electron chi connectivity index (χ1n) is 10.7. The molecule has 0 radical (unpaired) electrons. The van der Waals surface area contributed by atoms with E-state index in [1.54, 1.807) is 20.8 Å². The van der Waals surface area contributed by atoms with Gasteiger partial charge in [-0.3, -0.25) is 4.79 Å². The van der Waals surface area contributed by atoms with Gasteiger partial charge in [0.2, 0.25) is 5.91 Å². The van der Waals surface area contributed by atoms with Crippen LogP contribution in [0.15, 0.2) is 48.5 Å². The lowest BCUT2D eigenvalue weighted by atomic mass is 9.95. The van der Waals surface area contributed by atoms with Crippen molar-refractivity contribution in [3.63, 3.8) is 0 Å². The Bertz CT molecular complexity index is 1020. The lowest BCUT2D eigenvalue weighted by Crippen LogP contribution is -2.63. The zero-order valence-electron chi connectivity index (χ0n) is 19.5. The number of carbonyl (C=O) groups is 3. The number of methoxy groups -OCH3 is 1. The van der Waals surface area contributed by atoms with Crippen LogP contribution in [0.1, 0.15) is 44.7 Å². The normalized spacial score (nSPS) is 15.5. The minimum atomic E-state index is -1.84. The smallest absolute Gasteiger partial charge is 0.407 e. The van der Waals surface area contributed by atoms with Crippen LogP contribution in [0.3, 0.4) is 0 Å². The number of ether oxygens (including phenoxy) is 3. The first-order chi connectivity index (χ1) is 15.5. The predicted octanol–water partition coefficient (Wildman–Crippen LogP) is 3.13. The zero-order valence-corrected chi connectivity index (χ0v) is 19.5. The van der Waals surface area contributed by atoms with E-state index in [1.807, 2.05) is 48.5 Å². The fraction of sp³-hybridized carbons (Fsp3) is 0.400. The Morgan fingerprint density at radius 3 is 1.94 bits per heavy atom. The average molecular weight is 455 g/mol. The molecule has 0 heterocycles. The van der Waals surface area contributed by atoms with Crippen molar-refractivity contribution in [3.8, 4) is 11.1 Å². The molecule has 33 heavy (non-hydrogen) atoms. The molecule has 0 aromatic heterocycles. The molecule has 3 N–H and O–H groups in total. The monoisotopic (exact) mass is 454 g/mol. The van der Waals surface area contributed by atoms with Crippen molar-refractivity contribution in [2.24, 2.45) is 5.73 Å². The molecule has 2 unspecified atom stereocenters. The van der Waals surface area contributed by atoms with E-state index >= 15 is 0 Å². The molecule has 8 heteroatoms. The number of benzene rings is 2. The van der Waals surface area contributed by atoms with Gasteiger partial charge < -0.3 is 25.3 Å². The Kier molecular flexibility index (Phi) is 6.78. The summed E-state index contributed by atoms with van der Waals surface area (Å²) >= 11 is 0. The van der Waals surface area contributed by atoms with Gasteiger partial charge >= 0.3 is 12.1 Å². The summed E-state index contributed by atoms with van der Waals surface area (Å²) < 4.78 is 16.1. The van der Waals surface area contributed by atoms with Gasteiger partial charge in [-0.1, -0.05) is 48.5 Å². The van der Waals surface area contributed by atoms with Gasteiger partial charge in [0.25, 0.3) is 0 Å². The zero-order chi connectivity index (χ0) is 24.4. The maximum atomic E-state index is 12.7. The molecular weight excluding hydrogens is 424 g/mol. The number of hydrogen-bond donors (Lipinski definition) is 2. The fourth-order valence-corrected chi connectivity index (χ4v) is 3.94. The average Bonchev–Trinajstić information content (AvgIpc) is 3.08. The summed E-state index contributed by atoms with van der Waals surface area (Å²) in [6.45, 7) is 6.42. The molecule has 2 amide bonds. The number of primary amides is 1. The van der Waals surface area contributed by atoms with Gasteiger partial charge in [-0.2, -0.15) is 0 Å². The molecule has 0 saturated carbocycles. The fourth-order valence-electron chi connectivity index (χ4n) is 3.94. The Labute approximate surface area is 193 Å². The maximum Gasteiger partial charge on any atom is 0.407 e. The van der Waals surface area contributed by atoms with Gasteiger partial charge in [-0.15, -0.1) is 0 Å². The third kappa shape index (κ3) is 5.01. The number of nitrogens with two attached hydrogens (primary N) is 1. The third-order valence-corrected chi connectivity index (χ3v) is 5.67. The minimum absolute atomic E-state index is 0.0431. The van der Waals surface area contributed by atoms with E-state index in [9.17, 15) is 14.4 Å². The van der Waals surface area contributed by atoms with Gasteiger partial charge in [0.15, 0.2) is 11.6 Å². The van der Waals surface area contributed by atoms with Crippen LogP contribution in [0.2, 0.25) is 0 Å². The number of nitrogens with one attached hydrogen (secondary N) is 1. The highest BCUT2D eigenvalue weighted by atomic mass is 16.6. The SMILES string of the molecule is COC(C)(C(=O)OC(C)(C)C)C(NC(=O)OCC1c2ccccc2-c2ccccc21)C(N)=O. The first-order valence-corrected chi connectivity index (χ1v) is 10.7. The van der Waals surface area contributed by atoms with Crippen molar-refractivity contribution < 1.29 is 28.6 Å². The van der Waals surface area contributed by atoms with Gasteiger partial charge in [-0.25, -0.2) is 9.59 Å². The molecule has 0 saturated heterocycles. The highest BCUT2D eigenvalue weighted by Crippen LogP contribution is 2.44. The summed E-state index contributed by atoms with van der Waals surface area (Å²) in [5.41, 5.74) is 7.11. The Balaban J connectivity index is 1.75. The molecule has 1 aliphatic rings. The second-order valence-electron chi connectivity index (χ2n) is 9.12. The molecule has 2 atom stereocenters. The standard InChI is InChI=1S/C25H30N2O6/c1-24(2,3)33-22(29)25(4,31-5)20(21(26)28)27-23(30)32-14-19-17-12-8-6-10-15(17)16-11-7-9-13-18(16)19/h6-13,19-20H,14H2,1-5H3,(H2,26,28)(H,27,30). The van der Waals surface area contributed by atoms with E-state index in [0.29, 0.717) is 0 Å². The highest BCUT2D eigenvalue weighted by molar-refractivity contribution is 5.94. The second-order valence-corrected chi connectivity index (χ2v) is 9.12. The summed E-state index contributed by atoms with van der Waals surface area (Å²) in [6, 6.07) is 14.3. The molecule has 2 aromatic carbocycles. The van der Waals surface area contributed by atoms with Crippen LogP contribution in [-0.4, -0.2) is 48.9 Å². The van der Waals surface area contributed by atoms with Crippen LogP contribution in [0, 0.1) is 0 Å². The minimum Gasteiger partial charge on any atom is -0.458 e. The van der Waals surface area contributed by atoms with Crippen LogP contribution in [0.25, 0.3) is 11.1 Å². The van der Waals surface area contributed by atoms with Crippen LogP contribution in [-0.2, 0) is 23.8 Å². The number of rotatable bonds is 7. The Morgan fingerprint density at radius 2 is 1.48 bits per heavy atom. The molecule has 0 aliphatic heterocycles. The van der Waals surface area contributed by atoms with E-state index < -0.39 is 35.2 Å². The third-order valence-electron chi connectivity index (χ3n) is 5.67. The molecule has 0 bridgehead atoms. The van der Waals surface area contributed by atoms with Crippen molar-refractivity contribution in [2.45, 2.75) is 50.9 Å². The van der Waals surface area contributed by atoms with Gasteiger partial charge in [0, 0.05) is 13.0 Å². The van der Waals surface area contributed by atoms with E-state index in [0.717, 1.165) is 22.3 Å². The quantitative estimate of drug-likeness (QED) is 0.621. The van der Waals surface area contributed by atoms with E-state index in [-0.39, 0.29) is 12.5 Å². The maximum absolute atomic E-state index is 12.7. The Hall–Kier alpha value is -3.39. The van der Waals surface area contributed by atoms with Crippen molar-refractivity contribution in [3.05, 3.63) is 59.7 Å². The van der Waals surface area contributed by atoms with Gasteiger partial charge in [0.05, 0.1) is 0 Å². The summed E-state index contributed by atoms with van der Waals surface area (Å²) in [5.74, 6) is -1.95. The lowest BCUT2D eigenvalue weighted by molar-refractivity contribution is -0.183. The molecule has 8 nitrogen and oxygen atoms in total. The largest absolute Gasteiger partial charge is 0.458 e. The Morgan fingerprint density at radius 1 is 0.970 bits per heavy atom. The molecule has 1 aliphatic carbocycles. The van der Waals surface area contributed by atoms with E-state index in [1.165, 1.54) is 14.0 Å². The van der Waals surface area contributed by atoms with Gasteiger partial charge in [0.1, 0.15) is 12.2 Å². The van der Waals surface area contributed by atoms with E-state index in [2.05, 4.69) is 5.32 Å². The molecule has 176 valence electrons. The van der Waals surface area contributed by atoms with Crippen molar-refractivity contribution in [1.82, 2.24) is 5.32 Å². The van der Waals surface area contributed by atoms with Crippen molar-refractivity contribution in [2.75, 3.05) is 13.7 Å². The number of carbonyl (C=O) groups excluding carboxylic acids is 3. The van der Waals surface area contributed by atoms with E-state index in [4.69, 9.17) is 19.9 Å². The van der Waals surface area contributed by atoms with Crippen molar-refractivity contribution in [1.29, 1.82) is 0 Å².